The summed E-state index contributed by atoms with van der Waals surface area (Å²) in [6.07, 6.45) is 2.36. The van der Waals surface area contributed by atoms with Gasteiger partial charge in [-0.2, -0.15) is 0 Å². The molecule has 1 aromatic rings. The van der Waals surface area contributed by atoms with Crippen molar-refractivity contribution >= 4 is 11.9 Å². The zero-order chi connectivity index (χ0) is 14.3. The van der Waals surface area contributed by atoms with E-state index in [0.29, 0.717) is 12.0 Å². The van der Waals surface area contributed by atoms with Crippen LogP contribution in [0.15, 0.2) is 30.3 Å². The van der Waals surface area contributed by atoms with Gasteiger partial charge >= 0.3 is 5.97 Å². The minimum atomic E-state index is -1.04. The van der Waals surface area contributed by atoms with E-state index in [9.17, 15) is 14.7 Å². The molecule has 104 valence electrons. The van der Waals surface area contributed by atoms with Crippen molar-refractivity contribution in [3.63, 3.8) is 0 Å². The number of carbonyl (C=O) groups is 2. The zero-order valence-electron chi connectivity index (χ0n) is 11.4. The Hall–Kier alpha value is -1.84. The molecule has 1 aromatic carbocycles. The lowest BCUT2D eigenvalue weighted by atomic mass is 10.0. The molecule has 4 heteroatoms. The SMILES string of the molecule is CCCC(C)CC(=O)N[C@H](C(=O)O)c1ccccc1. The Morgan fingerprint density at radius 2 is 1.89 bits per heavy atom. The maximum atomic E-state index is 11.8. The van der Waals surface area contributed by atoms with Crippen molar-refractivity contribution in [2.45, 2.75) is 39.2 Å². The summed E-state index contributed by atoms with van der Waals surface area (Å²) in [6, 6.07) is 7.77. The van der Waals surface area contributed by atoms with Crippen LogP contribution in [-0.4, -0.2) is 17.0 Å². The van der Waals surface area contributed by atoms with E-state index in [-0.39, 0.29) is 11.8 Å². The average molecular weight is 263 g/mol. The highest BCUT2D eigenvalue weighted by Gasteiger charge is 2.22. The molecule has 0 spiro atoms. The summed E-state index contributed by atoms with van der Waals surface area (Å²) in [5.74, 6) is -0.977. The van der Waals surface area contributed by atoms with Crippen LogP contribution in [0, 0.1) is 5.92 Å². The predicted molar refractivity (Wildman–Crippen MR) is 73.7 cm³/mol. The van der Waals surface area contributed by atoms with Gasteiger partial charge in [-0.1, -0.05) is 57.0 Å². The van der Waals surface area contributed by atoms with Gasteiger partial charge in [0.05, 0.1) is 0 Å². The fourth-order valence-electron chi connectivity index (χ4n) is 2.06. The third-order valence-corrected chi connectivity index (χ3v) is 3.00. The van der Waals surface area contributed by atoms with Crippen molar-refractivity contribution in [2.75, 3.05) is 0 Å². The maximum Gasteiger partial charge on any atom is 0.330 e. The minimum Gasteiger partial charge on any atom is -0.479 e. The van der Waals surface area contributed by atoms with Crippen molar-refractivity contribution in [3.8, 4) is 0 Å². The number of carboxylic acids is 1. The number of hydrogen-bond donors (Lipinski definition) is 2. The van der Waals surface area contributed by atoms with Gasteiger partial charge in [-0.15, -0.1) is 0 Å². The molecule has 1 rings (SSSR count). The summed E-state index contributed by atoms with van der Waals surface area (Å²) in [4.78, 5) is 23.1. The highest BCUT2D eigenvalue weighted by molar-refractivity contribution is 5.84. The first-order valence-electron chi connectivity index (χ1n) is 6.61. The fraction of sp³-hybridized carbons (Fsp3) is 0.467. The van der Waals surface area contributed by atoms with Crippen LogP contribution in [0.4, 0.5) is 0 Å². The number of amides is 1. The van der Waals surface area contributed by atoms with Crippen LogP contribution in [-0.2, 0) is 9.59 Å². The lowest BCUT2D eigenvalue weighted by molar-refractivity contribution is -0.142. The fourth-order valence-corrected chi connectivity index (χ4v) is 2.06. The topological polar surface area (TPSA) is 66.4 Å². The molecule has 0 aliphatic rings. The molecule has 1 unspecified atom stereocenters. The lowest BCUT2D eigenvalue weighted by Gasteiger charge is -2.16. The van der Waals surface area contributed by atoms with E-state index in [1.165, 1.54) is 0 Å². The van der Waals surface area contributed by atoms with Crippen LogP contribution >= 0.6 is 0 Å². The number of rotatable bonds is 7. The second-order valence-electron chi connectivity index (χ2n) is 4.85. The minimum absolute atomic E-state index is 0.211. The third-order valence-electron chi connectivity index (χ3n) is 3.00. The highest BCUT2D eigenvalue weighted by atomic mass is 16.4. The van der Waals surface area contributed by atoms with Gasteiger partial charge in [-0.25, -0.2) is 4.79 Å². The zero-order valence-corrected chi connectivity index (χ0v) is 11.4. The molecule has 19 heavy (non-hydrogen) atoms. The van der Waals surface area contributed by atoms with Gasteiger partial charge in [-0.05, 0) is 11.5 Å². The van der Waals surface area contributed by atoms with Crippen molar-refractivity contribution in [2.24, 2.45) is 5.92 Å². The number of hydrogen-bond acceptors (Lipinski definition) is 2. The van der Waals surface area contributed by atoms with Crippen molar-refractivity contribution in [3.05, 3.63) is 35.9 Å². The summed E-state index contributed by atoms with van der Waals surface area (Å²) in [7, 11) is 0. The van der Waals surface area contributed by atoms with E-state index in [4.69, 9.17) is 0 Å². The first-order valence-corrected chi connectivity index (χ1v) is 6.61. The molecule has 2 atom stereocenters. The number of carboxylic acid groups (broad SMARTS) is 1. The van der Waals surface area contributed by atoms with Gasteiger partial charge < -0.3 is 10.4 Å². The summed E-state index contributed by atoms with van der Waals surface area (Å²) in [5.41, 5.74) is 0.589. The molecule has 0 saturated carbocycles. The Balaban J connectivity index is 2.65. The van der Waals surface area contributed by atoms with Gasteiger partial charge in [0.1, 0.15) is 0 Å². The Morgan fingerprint density at radius 1 is 1.26 bits per heavy atom. The summed E-state index contributed by atoms with van der Waals surface area (Å²) >= 11 is 0. The molecule has 1 amide bonds. The summed E-state index contributed by atoms with van der Waals surface area (Å²) in [6.45, 7) is 4.07. The van der Waals surface area contributed by atoms with Gasteiger partial charge in [0.15, 0.2) is 6.04 Å². The second-order valence-corrected chi connectivity index (χ2v) is 4.85. The van der Waals surface area contributed by atoms with E-state index in [0.717, 1.165) is 12.8 Å². The van der Waals surface area contributed by atoms with Crippen LogP contribution in [0.25, 0.3) is 0 Å². The van der Waals surface area contributed by atoms with Crippen LogP contribution in [0.3, 0.4) is 0 Å². The van der Waals surface area contributed by atoms with Crippen molar-refractivity contribution < 1.29 is 14.7 Å². The van der Waals surface area contributed by atoms with E-state index in [2.05, 4.69) is 12.2 Å². The van der Waals surface area contributed by atoms with Crippen LogP contribution in [0.5, 0.6) is 0 Å². The van der Waals surface area contributed by atoms with Gasteiger partial charge in [0, 0.05) is 6.42 Å². The summed E-state index contributed by atoms with van der Waals surface area (Å²) < 4.78 is 0. The molecule has 0 heterocycles. The van der Waals surface area contributed by atoms with Crippen molar-refractivity contribution in [1.82, 2.24) is 5.32 Å². The molecule has 0 bridgehead atoms. The van der Waals surface area contributed by atoms with Crippen molar-refractivity contribution in [1.29, 1.82) is 0 Å². The number of nitrogens with one attached hydrogen (secondary N) is 1. The molecule has 0 fully saturated rings. The molecular formula is C15H21NO3. The van der Waals surface area contributed by atoms with Gasteiger partial charge in [0.2, 0.25) is 5.91 Å². The average Bonchev–Trinajstić information content (AvgIpc) is 2.37. The smallest absolute Gasteiger partial charge is 0.330 e. The normalized spacial score (nSPS) is 13.6. The monoisotopic (exact) mass is 263 g/mol. The largest absolute Gasteiger partial charge is 0.479 e. The number of benzene rings is 1. The molecule has 0 aromatic heterocycles. The highest BCUT2D eigenvalue weighted by Crippen LogP contribution is 2.15. The third kappa shape index (κ3) is 5.12. The number of carbonyl (C=O) groups excluding carboxylic acids is 1. The summed E-state index contributed by atoms with van der Waals surface area (Å²) in [5, 5.41) is 11.8. The van der Waals surface area contributed by atoms with Crippen LogP contribution < -0.4 is 5.32 Å². The predicted octanol–water partition coefficient (Wildman–Crippen LogP) is 2.75. The quantitative estimate of drug-likeness (QED) is 0.795. The second kappa shape index (κ2) is 7.56. The Labute approximate surface area is 113 Å². The van der Waals surface area contributed by atoms with Gasteiger partial charge in [0.25, 0.3) is 0 Å². The van der Waals surface area contributed by atoms with Crippen LogP contribution in [0.1, 0.15) is 44.7 Å². The van der Waals surface area contributed by atoms with E-state index in [1.54, 1.807) is 24.3 Å². The number of aliphatic carboxylic acids is 1. The molecule has 4 nitrogen and oxygen atoms in total. The van der Waals surface area contributed by atoms with E-state index in [1.807, 2.05) is 13.0 Å². The first-order chi connectivity index (χ1) is 9.04. The Morgan fingerprint density at radius 3 is 2.42 bits per heavy atom. The standard InChI is InChI=1S/C15H21NO3/c1-3-7-11(2)10-13(17)16-14(15(18)19)12-8-5-4-6-9-12/h4-6,8-9,11,14H,3,7,10H2,1-2H3,(H,16,17)(H,18,19)/t11?,14-/m0/s1. The molecular weight excluding hydrogens is 242 g/mol. The van der Waals surface area contributed by atoms with E-state index >= 15 is 0 Å². The maximum absolute atomic E-state index is 11.8. The molecule has 0 saturated heterocycles. The van der Waals surface area contributed by atoms with Crippen LogP contribution in [0.2, 0.25) is 0 Å². The molecule has 2 N–H and O–H groups in total. The molecule has 0 aliphatic heterocycles. The molecule has 0 aliphatic carbocycles. The lowest BCUT2D eigenvalue weighted by Crippen LogP contribution is -2.34. The first kappa shape index (κ1) is 15.2. The Bertz CT molecular complexity index is 417. The van der Waals surface area contributed by atoms with E-state index < -0.39 is 12.0 Å². The Kier molecular flexibility index (Phi) is 6.06. The van der Waals surface area contributed by atoms with Gasteiger partial charge in [-0.3, -0.25) is 4.79 Å². The molecule has 0 radical (unpaired) electrons.